The van der Waals surface area contributed by atoms with Gasteiger partial charge in [-0.3, -0.25) is 14.0 Å². The van der Waals surface area contributed by atoms with E-state index in [0.717, 1.165) is 5.56 Å². The molecule has 0 aliphatic carbocycles. The Morgan fingerprint density at radius 1 is 1.29 bits per heavy atom. The molecule has 0 aliphatic heterocycles. The predicted octanol–water partition coefficient (Wildman–Crippen LogP) is 1.14. The lowest BCUT2D eigenvalue weighted by molar-refractivity contribution is 0.557. The Morgan fingerprint density at radius 3 is 2.71 bits per heavy atom. The highest BCUT2D eigenvalue weighted by molar-refractivity contribution is 5.72. The predicted molar refractivity (Wildman–Crippen MR) is 80.9 cm³/mol. The number of hydrogen-bond acceptors (Lipinski definition) is 4. The van der Waals surface area contributed by atoms with Gasteiger partial charge < -0.3 is 5.73 Å². The number of aryl methyl sites for hydroxylation is 2. The van der Waals surface area contributed by atoms with Crippen LogP contribution in [-0.4, -0.2) is 19.3 Å². The van der Waals surface area contributed by atoms with Crippen molar-refractivity contribution in [2.24, 2.45) is 12.8 Å². The summed E-state index contributed by atoms with van der Waals surface area (Å²) in [5.74, 6) is 0. The minimum atomic E-state index is -0.251. The monoisotopic (exact) mass is 283 g/mol. The van der Waals surface area contributed by atoms with Gasteiger partial charge in [0.1, 0.15) is 11.7 Å². The molecule has 2 aromatic heterocycles. The van der Waals surface area contributed by atoms with Gasteiger partial charge in [0.2, 0.25) is 0 Å². The minimum absolute atomic E-state index is 0.115. The van der Waals surface area contributed by atoms with Crippen LogP contribution in [0.3, 0.4) is 0 Å². The van der Waals surface area contributed by atoms with Crippen LogP contribution in [0.15, 0.2) is 41.6 Å². The molecular weight excluding hydrogens is 266 g/mol. The summed E-state index contributed by atoms with van der Waals surface area (Å²) in [7, 11) is 1.76. The van der Waals surface area contributed by atoms with Gasteiger partial charge in [-0.05, 0) is 12.5 Å². The van der Waals surface area contributed by atoms with E-state index in [-0.39, 0.29) is 11.6 Å². The van der Waals surface area contributed by atoms with E-state index < -0.39 is 0 Å². The third kappa shape index (κ3) is 2.45. The Morgan fingerprint density at radius 2 is 2.00 bits per heavy atom. The summed E-state index contributed by atoms with van der Waals surface area (Å²) < 4.78 is 3.12. The molecule has 2 N–H and O–H groups in total. The average Bonchev–Trinajstić information content (AvgIpc) is 2.85. The van der Waals surface area contributed by atoms with E-state index in [2.05, 4.69) is 10.1 Å². The van der Waals surface area contributed by atoms with Crippen LogP contribution in [0.5, 0.6) is 0 Å². The first-order valence-electron chi connectivity index (χ1n) is 6.75. The number of nitrogens with zero attached hydrogens (tertiary/aromatic N) is 4. The van der Waals surface area contributed by atoms with E-state index in [9.17, 15) is 4.79 Å². The quantitative estimate of drug-likeness (QED) is 0.781. The molecule has 21 heavy (non-hydrogen) atoms. The lowest BCUT2D eigenvalue weighted by Crippen LogP contribution is -2.27. The smallest absolute Gasteiger partial charge is 0.264 e. The standard InChI is InChI=1S/C15H17N5O/c1-10-3-5-11(6-4-10)13(16)8-20-9-17-14-12(15(20)21)7-18-19(14)2/h3-7,9,13H,8,16H2,1-2H3. The average molecular weight is 283 g/mol. The number of aromatic nitrogens is 4. The number of benzene rings is 1. The van der Waals surface area contributed by atoms with E-state index >= 15 is 0 Å². The number of hydrogen-bond donors (Lipinski definition) is 1. The molecule has 0 spiro atoms. The van der Waals surface area contributed by atoms with Crippen LogP contribution in [0.1, 0.15) is 17.2 Å². The zero-order valence-corrected chi connectivity index (χ0v) is 12.0. The summed E-state index contributed by atoms with van der Waals surface area (Å²) in [5.41, 5.74) is 8.84. The van der Waals surface area contributed by atoms with Crippen molar-refractivity contribution in [3.63, 3.8) is 0 Å². The molecule has 1 aromatic carbocycles. The minimum Gasteiger partial charge on any atom is -0.322 e. The molecule has 0 saturated heterocycles. The molecule has 6 heteroatoms. The number of nitrogens with two attached hydrogens (primary N) is 1. The molecule has 6 nitrogen and oxygen atoms in total. The van der Waals surface area contributed by atoms with Crippen molar-refractivity contribution in [3.8, 4) is 0 Å². The second kappa shape index (κ2) is 5.14. The van der Waals surface area contributed by atoms with Gasteiger partial charge in [0.15, 0.2) is 5.65 Å². The van der Waals surface area contributed by atoms with E-state index in [4.69, 9.17) is 5.73 Å². The number of fused-ring (bicyclic) bond motifs is 1. The van der Waals surface area contributed by atoms with Crippen LogP contribution in [-0.2, 0) is 13.6 Å². The van der Waals surface area contributed by atoms with Gasteiger partial charge >= 0.3 is 0 Å². The Kier molecular flexibility index (Phi) is 3.31. The van der Waals surface area contributed by atoms with Crippen molar-refractivity contribution in [3.05, 3.63) is 58.3 Å². The molecule has 0 saturated carbocycles. The fraction of sp³-hybridized carbons (Fsp3) is 0.267. The third-order valence-electron chi connectivity index (χ3n) is 3.62. The summed E-state index contributed by atoms with van der Waals surface area (Å²) >= 11 is 0. The van der Waals surface area contributed by atoms with Gasteiger partial charge in [-0.2, -0.15) is 5.10 Å². The zero-order chi connectivity index (χ0) is 15.0. The molecule has 0 fully saturated rings. The summed E-state index contributed by atoms with van der Waals surface area (Å²) in [4.78, 5) is 16.6. The lowest BCUT2D eigenvalue weighted by Gasteiger charge is -2.14. The highest BCUT2D eigenvalue weighted by Gasteiger charge is 2.11. The SMILES string of the molecule is Cc1ccc(C(N)Cn2cnc3c(cnn3C)c2=O)cc1. The molecule has 1 atom stereocenters. The first kappa shape index (κ1) is 13.5. The molecule has 0 bridgehead atoms. The maximum Gasteiger partial charge on any atom is 0.264 e. The normalized spacial score (nSPS) is 12.7. The molecule has 1 unspecified atom stereocenters. The molecule has 108 valence electrons. The lowest BCUT2D eigenvalue weighted by atomic mass is 10.1. The Labute approximate surface area is 121 Å². The highest BCUT2D eigenvalue weighted by atomic mass is 16.1. The second-order valence-corrected chi connectivity index (χ2v) is 5.22. The van der Waals surface area contributed by atoms with Gasteiger partial charge in [0.25, 0.3) is 5.56 Å². The van der Waals surface area contributed by atoms with Gasteiger partial charge in [0, 0.05) is 19.6 Å². The topological polar surface area (TPSA) is 78.7 Å². The summed E-state index contributed by atoms with van der Waals surface area (Å²) in [6, 6.07) is 7.75. The number of rotatable bonds is 3. The second-order valence-electron chi connectivity index (χ2n) is 5.22. The molecule has 3 aromatic rings. The molecular formula is C15H17N5O. The summed E-state index contributed by atoms with van der Waals surface area (Å²) in [6.07, 6.45) is 3.07. The Hall–Kier alpha value is -2.47. The van der Waals surface area contributed by atoms with Crippen molar-refractivity contribution >= 4 is 11.0 Å². The van der Waals surface area contributed by atoms with Crippen molar-refractivity contribution in [2.45, 2.75) is 19.5 Å². The van der Waals surface area contributed by atoms with E-state index in [1.807, 2.05) is 31.2 Å². The van der Waals surface area contributed by atoms with Gasteiger partial charge in [-0.25, -0.2) is 4.98 Å². The van der Waals surface area contributed by atoms with Gasteiger partial charge in [0.05, 0.1) is 6.20 Å². The van der Waals surface area contributed by atoms with E-state index in [1.54, 1.807) is 17.9 Å². The van der Waals surface area contributed by atoms with Gasteiger partial charge in [-0.15, -0.1) is 0 Å². The van der Waals surface area contributed by atoms with Crippen LogP contribution in [0.25, 0.3) is 11.0 Å². The van der Waals surface area contributed by atoms with Crippen LogP contribution in [0, 0.1) is 6.92 Å². The Bertz CT molecular complexity index is 831. The van der Waals surface area contributed by atoms with Crippen molar-refractivity contribution < 1.29 is 0 Å². The van der Waals surface area contributed by atoms with Gasteiger partial charge in [-0.1, -0.05) is 29.8 Å². The van der Waals surface area contributed by atoms with Crippen LogP contribution < -0.4 is 11.3 Å². The molecule has 0 amide bonds. The molecule has 3 rings (SSSR count). The van der Waals surface area contributed by atoms with Crippen LogP contribution in [0.2, 0.25) is 0 Å². The van der Waals surface area contributed by atoms with Crippen LogP contribution in [0.4, 0.5) is 0 Å². The highest BCUT2D eigenvalue weighted by Crippen LogP contribution is 2.13. The zero-order valence-electron chi connectivity index (χ0n) is 12.0. The Balaban J connectivity index is 1.92. The van der Waals surface area contributed by atoms with Crippen molar-refractivity contribution in [1.29, 1.82) is 0 Å². The van der Waals surface area contributed by atoms with Crippen molar-refractivity contribution in [2.75, 3.05) is 0 Å². The van der Waals surface area contributed by atoms with E-state index in [1.165, 1.54) is 16.5 Å². The maximum atomic E-state index is 12.4. The molecule has 2 heterocycles. The fourth-order valence-electron chi connectivity index (χ4n) is 2.33. The first-order valence-corrected chi connectivity index (χ1v) is 6.75. The van der Waals surface area contributed by atoms with Crippen LogP contribution >= 0.6 is 0 Å². The summed E-state index contributed by atoms with van der Waals surface area (Å²) in [5, 5.41) is 4.56. The van der Waals surface area contributed by atoms with Crippen molar-refractivity contribution in [1.82, 2.24) is 19.3 Å². The molecule has 0 aliphatic rings. The third-order valence-corrected chi connectivity index (χ3v) is 3.62. The fourth-order valence-corrected chi connectivity index (χ4v) is 2.33. The summed E-state index contributed by atoms with van der Waals surface area (Å²) in [6.45, 7) is 2.42. The largest absolute Gasteiger partial charge is 0.322 e. The molecule has 0 radical (unpaired) electrons. The maximum absolute atomic E-state index is 12.4. The first-order chi connectivity index (χ1) is 10.1. The van der Waals surface area contributed by atoms with E-state index in [0.29, 0.717) is 17.6 Å².